The molecule has 0 bridgehead atoms. The molecular formula is C24H22Cl2N4O3S. The van der Waals surface area contributed by atoms with Crippen LogP contribution in [-0.2, 0) is 13.2 Å². The maximum absolute atomic E-state index is 6.57. The summed E-state index contributed by atoms with van der Waals surface area (Å²) in [6, 6.07) is 18.6. The van der Waals surface area contributed by atoms with Gasteiger partial charge in [-0.15, -0.1) is 0 Å². The lowest BCUT2D eigenvalue weighted by Gasteiger charge is -2.16. The fraction of sp³-hybridized carbons (Fsp3) is 0.167. The molecule has 7 nitrogen and oxygen atoms in total. The highest BCUT2D eigenvalue weighted by molar-refractivity contribution is 7.71. The van der Waals surface area contributed by atoms with Crippen molar-refractivity contribution in [3.63, 3.8) is 0 Å². The van der Waals surface area contributed by atoms with Gasteiger partial charge in [0.05, 0.1) is 26.3 Å². The molecule has 1 heterocycles. The lowest BCUT2D eigenvalue weighted by molar-refractivity contribution is 0.284. The van der Waals surface area contributed by atoms with Gasteiger partial charge in [-0.25, -0.2) is 9.77 Å². The van der Waals surface area contributed by atoms with Crippen LogP contribution in [0.5, 0.6) is 17.2 Å². The molecule has 10 heteroatoms. The second kappa shape index (κ2) is 10.8. The Hall–Kier alpha value is -3.20. The van der Waals surface area contributed by atoms with Crippen molar-refractivity contribution in [3.8, 4) is 28.6 Å². The van der Waals surface area contributed by atoms with E-state index in [1.807, 2.05) is 54.6 Å². The number of H-pyrrole nitrogens is 1. The highest BCUT2D eigenvalue weighted by Gasteiger charge is 2.15. The van der Waals surface area contributed by atoms with Gasteiger partial charge in [0.15, 0.2) is 17.3 Å². The van der Waals surface area contributed by atoms with Crippen molar-refractivity contribution in [3.05, 3.63) is 86.6 Å². The molecule has 1 aromatic heterocycles. The molecule has 0 radical (unpaired) electrons. The van der Waals surface area contributed by atoms with Crippen LogP contribution in [0.2, 0.25) is 10.0 Å². The minimum atomic E-state index is 0.331. The van der Waals surface area contributed by atoms with Gasteiger partial charge in [0.25, 0.3) is 0 Å². The van der Waals surface area contributed by atoms with E-state index in [2.05, 4.69) is 15.6 Å². The van der Waals surface area contributed by atoms with Gasteiger partial charge in [0.1, 0.15) is 12.4 Å². The summed E-state index contributed by atoms with van der Waals surface area (Å²) in [6.07, 6.45) is 0. The molecule has 4 rings (SSSR count). The molecule has 0 atom stereocenters. The molecule has 2 N–H and O–H groups in total. The van der Waals surface area contributed by atoms with Crippen molar-refractivity contribution in [2.75, 3.05) is 19.6 Å². The van der Waals surface area contributed by atoms with Crippen molar-refractivity contribution in [1.29, 1.82) is 0 Å². The second-order valence-corrected chi connectivity index (χ2v) is 8.47. The first kappa shape index (κ1) is 23.9. The topological polar surface area (TPSA) is 73.3 Å². The number of nitrogens with one attached hydrogen (secondary N) is 2. The summed E-state index contributed by atoms with van der Waals surface area (Å²) in [7, 11) is 3.19. The molecule has 0 fully saturated rings. The summed E-state index contributed by atoms with van der Waals surface area (Å²) in [5, 5.41) is 8.34. The van der Waals surface area contributed by atoms with Gasteiger partial charge in [-0.1, -0.05) is 47.5 Å². The van der Waals surface area contributed by atoms with E-state index in [1.54, 1.807) is 25.0 Å². The van der Waals surface area contributed by atoms with Gasteiger partial charge in [-0.3, -0.25) is 0 Å². The molecule has 0 spiro atoms. The number of para-hydroxylation sites is 1. The molecule has 0 aliphatic rings. The van der Waals surface area contributed by atoms with Crippen molar-refractivity contribution >= 4 is 35.4 Å². The summed E-state index contributed by atoms with van der Waals surface area (Å²) in [6.45, 7) is 0.692. The molecule has 0 unspecified atom stereocenters. The van der Waals surface area contributed by atoms with Gasteiger partial charge in [-0.05, 0) is 53.7 Å². The Morgan fingerprint density at radius 3 is 2.53 bits per heavy atom. The first-order chi connectivity index (χ1) is 16.5. The molecule has 0 saturated carbocycles. The number of nitrogens with zero attached hydrogens (tertiary/aromatic N) is 2. The smallest absolute Gasteiger partial charge is 0.214 e. The zero-order valence-electron chi connectivity index (χ0n) is 18.5. The lowest BCUT2D eigenvalue weighted by Crippen LogP contribution is -2.16. The van der Waals surface area contributed by atoms with E-state index >= 15 is 0 Å². The fourth-order valence-corrected chi connectivity index (χ4v) is 4.02. The zero-order valence-corrected chi connectivity index (χ0v) is 20.8. The number of hydrogen-bond acceptors (Lipinski definition) is 6. The summed E-state index contributed by atoms with van der Waals surface area (Å²) < 4.78 is 19.0. The number of benzene rings is 3. The highest BCUT2D eigenvalue weighted by Crippen LogP contribution is 2.34. The van der Waals surface area contributed by atoms with Crippen LogP contribution in [0.1, 0.15) is 11.1 Å². The van der Waals surface area contributed by atoms with Crippen LogP contribution in [0.3, 0.4) is 0 Å². The Balaban J connectivity index is 1.54. The fourth-order valence-electron chi connectivity index (χ4n) is 3.39. The lowest BCUT2D eigenvalue weighted by atomic mass is 10.2. The van der Waals surface area contributed by atoms with Crippen molar-refractivity contribution < 1.29 is 14.2 Å². The third kappa shape index (κ3) is 5.30. The van der Waals surface area contributed by atoms with E-state index in [0.29, 0.717) is 51.0 Å². The molecule has 3 aromatic carbocycles. The van der Waals surface area contributed by atoms with Crippen molar-refractivity contribution in [1.82, 2.24) is 14.9 Å². The van der Waals surface area contributed by atoms with Gasteiger partial charge in [0, 0.05) is 16.1 Å². The third-order valence-electron chi connectivity index (χ3n) is 5.06. The predicted octanol–water partition coefficient (Wildman–Crippen LogP) is 6.25. The van der Waals surface area contributed by atoms with Crippen molar-refractivity contribution in [2.45, 2.75) is 13.2 Å². The molecule has 0 amide bonds. The van der Waals surface area contributed by atoms with Crippen LogP contribution in [0.25, 0.3) is 11.4 Å². The number of aromatic amines is 1. The monoisotopic (exact) mass is 516 g/mol. The Bertz CT molecular complexity index is 1360. The average Bonchev–Trinajstić information content (AvgIpc) is 3.22. The van der Waals surface area contributed by atoms with Gasteiger partial charge in [-0.2, -0.15) is 5.10 Å². The SMILES string of the molecule is COc1cc(CNn2c(-c3ccccc3OC)n[nH]c2=S)c(Cl)cc1OCc1cccc(Cl)c1. The number of aromatic nitrogens is 3. The second-order valence-electron chi connectivity index (χ2n) is 7.24. The Morgan fingerprint density at radius 2 is 1.76 bits per heavy atom. The van der Waals surface area contributed by atoms with E-state index in [-0.39, 0.29) is 0 Å². The van der Waals surface area contributed by atoms with Gasteiger partial charge >= 0.3 is 0 Å². The molecular weight excluding hydrogens is 495 g/mol. The molecule has 0 aliphatic carbocycles. The number of hydrogen-bond donors (Lipinski definition) is 2. The first-order valence-corrected chi connectivity index (χ1v) is 11.4. The van der Waals surface area contributed by atoms with Crippen molar-refractivity contribution in [2.24, 2.45) is 0 Å². The number of ether oxygens (including phenoxy) is 3. The zero-order chi connectivity index (χ0) is 24.1. The van der Waals surface area contributed by atoms with Crippen LogP contribution in [0, 0.1) is 4.77 Å². The number of rotatable bonds is 9. The van der Waals surface area contributed by atoms with Crippen LogP contribution in [0.4, 0.5) is 0 Å². The van der Waals surface area contributed by atoms with E-state index in [1.165, 1.54) is 0 Å². The maximum Gasteiger partial charge on any atom is 0.214 e. The molecule has 34 heavy (non-hydrogen) atoms. The van der Waals surface area contributed by atoms with Gasteiger partial charge < -0.3 is 19.6 Å². The van der Waals surface area contributed by atoms with Crippen LogP contribution in [0.15, 0.2) is 60.7 Å². The minimum absolute atomic E-state index is 0.331. The highest BCUT2D eigenvalue weighted by atomic mass is 35.5. The summed E-state index contributed by atoms with van der Waals surface area (Å²) >= 11 is 18.0. The van der Waals surface area contributed by atoms with Gasteiger partial charge in [0.2, 0.25) is 4.77 Å². The Labute approximate surface area is 212 Å². The Kier molecular flexibility index (Phi) is 7.62. The molecule has 4 aromatic rings. The van der Waals surface area contributed by atoms with E-state index in [4.69, 9.17) is 49.6 Å². The first-order valence-electron chi connectivity index (χ1n) is 10.3. The molecule has 0 saturated heterocycles. The summed E-state index contributed by atoms with van der Waals surface area (Å²) in [5.74, 6) is 2.36. The largest absolute Gasteiger partial charge is 0.496 e. The number of methoxy groups -OCH3 is 2. The summed E-state index contributed by atoms with van der Waals surface area (Å²) in [5.41, 5.74) is 5.79. The molecule has 0 aliphatic heterocycles. The summed E-state index contributed by atoms with van der Waals surface area (Å²) in [4.78, 5) is 0. The van der Waals surface area contributed by atoms with E-state index in [9.17, 15) is 0 Å². The van der Waals surface area contributed by atoms with Crippen LogP contribution in [-0.4, -0.2) is 29.1 Å². The maximum atomic E-state index is 6.57. The van der Waals surface area contributed by atoms with Crippen LogP contribution < -0.4 is 19.6 Å². The third-order valence-corrected chi connectivity index (χ3v) is 5.92. The predicted molar refractivity (Wildman–Crippen MR) is 136 cm³/mol. The molecule has 176 valence electrons. The quantitative estimate of drug-likeness (QED) is 0.256. The van der Waals surface area contributed by atoms with E-state index in [0.717, 1.165) is 16.7 Å². The van der Waals surface area contributed by atoms with Crippen LogP contribution >= 0.6 is 35.4 Å². The minimum Gasteiger partial charge on any atom is -0.496 e. The number of halogens is 2. The average molecular weight is 517 g/mol. The standard InChI is InChI=1S/C24H22Cl2N4O3S/c1-31-20-9-4-3-8-18(20)23-28-29-24(34)30(23)27-13-16-11-21(32-2)22(12-19(16)26)33-14-15-6-5-7-17(25)10-15/h3-12,27H,13-14H2,1-2H3,(H,29,34). The Morgan fingerprint density at radius 1 is 0.971 bits per heavy atom. The normalized spacial score (nSPS) is 10.7. The van der Waals surface area contributed by atoms with E-state index < -0.39 is 0 Å².